The van der Waals surface area contributed by atoms with E-state index in [2.05, 4.69) is 41.0 Å². The molecule has 1 saturated heterocycles. The molecule has 1 aliphatic heterocycles. The van der Waals surface area contributed by atoms with Crippen molar-refractivity contribution in [3.05, 3.63) is 78.4 Å². The summed E-state index contributed by atoms with van der Waals surface area (Å²) in [4.78, 5) is 12.5. The van der Waals surface area contributed by atoms with Crippen LogP contribution in [-0.2, 0) is 10.2 Å². The van der Waals surface area contributed by atoms with Crippen molar-refractivity contribution in [3.8, 4) is 0 Å². The van der Waals surface area contributed by atoms with E-state index in [9.17, 15) is 4.79 Å². The minimum atomic E-state index is -0.174. The third-order valence-corrected chi connectivity index (χ3v) is 5.43. The van der Waals surface area contributed by atoms with Gasteiger partial charge in [0.05, 0.1) is 0 Å². The SMILES string of the molecule is O=C(NCC1(c2ccccc2)CCOCC1)Nc1ccc2ccccc2c1. The van der Waals surface area contributed by atoms with Crippen LogP contribution in [0.3, 0.4) is 0 Å². The molecular weight excluding hydrogens is 336 g/mol. The molecule has 0 bridgehead atoms. The van der Waals surface area contributed by atoms with Gasteiger partial charge in [0.25, 0.3) is 0 Å². The van der Waals surface area contributed by atoms with Gasteiger partial charge in [0.15, 0.2) is 0 Å². The lowest BCUT2D eigenvalue weighted by atomic mass is 9.74. The lowest BCUT2D eigenvalue weighted by molar-refractivity contribution is 0.0508. The fourth-order valence-electron chi connectivity index (χ4n) is 3.81. The summed E-state index contributed by atoms with van der Waals surface area (Å²) < 4.78 is 5.56. The smallest absolute Gasteiger partial charge is 0.319 e. The summed E-state index contributed by atoms with van der Waals surface area (Å²) in [6.07, 6.45) is 1.82. The molecule has 1 aliphatic rings. The van der Waals surface area contributed by atoms with Gasteiger partial charge in [0.2, 0.25) is 0 Å². The van der Waals surface area contributed by atoms with E-state index in [1.165, 1.54) is 5.56 Å². The van der Waals surface area contributed by atoms with Gasteiger partial charge in [-0.3, -0.25) is 0 Å². The Kier molecular flexibility index (Phi) is 5.07. The van der Waals surface area contributed by atoms with E-state index in [0.29, 0.717) is 6.54 Å². The monoisotopic (exact) mass is 360 g/mol. The van der Waals surface area contributed by atoms with Crippen LogP contribution in [0, 0.1) is 0 Å². The van der Waals surface area contributed by atoms with E-state index in [-0.39, 0.29) is 11.4 Å². The molecule has 1 fully saturated rings. The van der Waals surface area contributed by atoms with E-state index in [1.807, 2.05) is 42.5 Å². The highest BCUT2D eigenvalue weighted by Gasteiger charge is 2.34. The molecule has 2 N–H and O–H groups in total. The zero-order valence-electron chi connectivity index (χ0n) is 15.3. The predicted octanol–water partition coefficient (Wildman–Crippen LogP) is 4.71. The number of benzene rings is 3. The summed E-state index contributed by atoms with van der Waals surface area (Å²) in [6, 6.07) is 24.3. The van der Waals surface area contributed by atoms with Crippen LogP contribution in [0.4, 0.5) is 10.5 Å². The number of rotatable bonds is 4. The quantitative estimate of drug-likeness (QED) is 0.708. The highest BCUT2D eigenvalue weighted by Crippen LogP contribution is 2.34. The molecule has 1 heterocycles. The fraction of sp³-hybridized carbons (Fsp3) is 0.261. The first-order chi connectivity index (χ1) is 13.3. The van der Waals surface area contributed by atoms with Crippen LogP contribution in [0.2, 0.25) is 0 Å². The highest BCUT2D eigenvalue weighted by molar-refractivity contribution is 5.93. The Morgan fingerprint density at radius 1 is 0.889 bits per heavy atom. The molecule has 3 aromatic rings. The molecule has 3 aromatic carbocycles. The molecule has 4 nitrogen and oxygen atoms in total. The van der Waals surface area contributed by atoms with Crippen molar-refractivity contribution in [1.29, 1.82) is 0 Å². The van der Waals surface area contributed by atoms with Crippen LogP contribution in [-0.4, -0.2) is 25.8 Å². The van der Waals surface area contributed by atoms with Crippen LogP contribution < -0.4 is 10.6 Å². The molecule has 0 unspecified atom stereocenters. The van der Waals surface area contributed by atoms with Gasteiger partial charge < -0.3 is 15.4 Å². The summed E-state index contributed by atoms with van der Waals surface area (Å²) in [5.41, 5.74) is 1.99. The van der Waals surface area contributed by atoms with Crippen molar-refractivity contribution < 1.29 is 9.53 Å². The second-order valence-corrected chi connectivity index (χ2v) is 7.13. The molecule has 27 heavy (non-hydrogen) atoms. The molecule has 2 amide bonds. The topological polar surface area (TPSA) is 50.4 Å². The molecule has 0 atom stereocenters. The molecule has 0 aliphatic carbocycles. The van der Waals surface area contributed by atoms with E-state index in [0.717, 1.165) is 42.5 Å². The number of fused-ring (bicyclic) bond motifs is 1. The lowest BCUT2D eigenvalue weighted by Crippen LogP contribution is -2.45. The van der Waals surface area contributed by atoms with Gasteiger partial charge >= 0.3 is 6.03 Å². The zero-order chi connectivity index (χ0) is 18.5. The lowest BCUT2D eigenvalue weighted by Gasteiger charge is -2.38. The second-order valence-electron chi connectivity index (χ2n) is 7.13. The van der Waals surface area contributed by atoms with Crippen molar-refractivity contribution in [3.63, 3.8) is 0 Å². The van der Waals surface area contributed by atoms with Crippen LogP contribution in [0.25, 0.3) is 10.8 Å². The first-order valence-corrected chi connectivity index (χ1v) is 9.42. The summed E-state index contributed by atoms with van der Waals surface area (Å²) in [5, 5.41) is 8.32. The maximum Gasteiger partial charge on any atom is 0.319 e. The maximum absolute atomic E-state index is 12.5. The van der Waals surface area contributed by atoms with Crippen LogP contribution in [0.5, 0.6) is 0 Å². The molecular formula is C23H24N2O2. The van der Waals surface area contributed by atoms with Gasteiger partial charge in [-0.05, 0) is 41.3 Å². The first kappa shape index (κ1) is 17.6. The van der Waals surface area contributed by atoms with Crippen molar-refractivity contribution in [2.75, 3.05) is 25.1 Å². The fourth-order valence-corrected chi connectivity index (χ4v) is 3.81. The standard InChI is InChI=1S/C23H24N2O2/c26-22(25-21-11-10-18-6-4-5-7-19(18)16-21)24-17-23(12-14-27-15-13-23)20-8-2-1-3-9-20/h1-11,16H,12-15,17H2,(H2,24,25,26). The Morgan fingerprint density at radius 2 is 1.59 bits per heavy atom. The number of urea groups is 1. The summed E-state index contributed by atoms with van der Waals surface area (Å²) in [5.74, 6) is 0. The molecule has 0 spiro atoms. The number of carbonyl (C=O) groups excluding carboxylic acids is 1. The van der Waals surface area contributed by atoms with Crippen LogP contribution in [0.1, 0.15) is 18.4 Å². The maximum atomic E-state index is 12.5. The van der Waals surface area contributed by atoms with Gasteiger partial charge in [-0.2, -0.15) is 0 Å². The molecule has 0 radical (unpaired) electrons. The largest absolute Gasteiger partial charge is 0.381 e. The summed E-state index contributed by atoms with van der Waals surface area (Å²) in [6.45, 7) is 2.05. The Labute approximate surface area is 159 Å². The third-order valence-electron chi connectivity index (χ3n) is 5.43. The Balaban J connectivity index is 1.45. The van der Waals surface area contributed by atoms with Crippen LogP contribution >= 0.6 is 0 Å². The van der Waals surface area contributed by atoms with E-state index < -0.39 is 0 Å². The van der Waals surface area contributed by atoms with Gasteiger partial charge in [-0.15, -0.1) is 0 Å². The summed E-state index contributed by atoms with van der Waals surface area (Å²) in [7, 11) is 0. The summed E-state index contributed by atoms with van der Waals surface area (Å²) >= 11 is 0. The highest BCUT2D eigenvalue weighted by atomic mass is 16.5. The number of ether oxygens (including phenoxy) is 1. The number of nitrogens with one attached hydrogen (secondary N) is 2. The van der Waals surface area contributed by atoms with Gasteiger partial charge in [0.1, 0.15) is 0 Å². The zero-order valence-corrected chi connectivity index (χ0v) is 15.3. The average Bonchev–Trinajstić information content (AvgIpc) is 2.73. The predicted molar refractivity (Wildman–Crippen MR) is 109 cm³/mol. The minimum absolute atomic E-state index is 0.0692. The van der Waals surface area contributed by atoms with Crippen molar-refractivity contribution in [1.82, 2.24) is 5.32 Å². The number of hydrogen-bond donors (Lipinski definition) is 2. The number of hydrogen-bond acceptors (Lipinski definition) is 2. The Hall–Kier alpha value is -2.85. The number of anilines is 1. The molecule has 4 heteroatoms. The third kappa shape index (κ3) is 3.96. The van der Waals surface area contributed by atoms with Gasteiger partial charge in [-0.1, -0.05) is 60.7 Å². The van der Waals surface area contributed by atoms with Crippen LogP contribution in [0.15, 0.2) is 72.8 Å². The van der Waals surface area contributed by atoms with Crippen molar-refractivity contribution in [2.45, 2.75) is 18.3 Å². The van der Waals surface area contributed by atoms with E-state index in [1.54, 1.807) is 0 Å². The second kappa shape index (κ2) is 7.80. The number of carbonyl (C=O) groups is 1. The van der Waals surface area contributed by atoms with Gasteiger partial charge in [-0.25, -0.2) is 4.79 Å². The molecule has 0 aromatic heterocycles. The normalized spacial score (nSPS) is 16.0. The van der Waals surface area contributed by atoms with Crippen molar-refractivity contribution in [2.24, 2.45) is 0 Å². The van der Waals surface area contributed by atoms with E-state index in [4.69, 9.17) is 4.74 Å². The molecule has 0 saturated carbocycles. The Bertz CT molecular complexity index is 918. The first-order valence-electron chi connectivity index (χ1n) is 9.42. The average molecular weight is 360 g/mol. The van der Waals surface area contributed by atoms with Gasteiger partial charge in [0, 0.05) is 30.9 Å². The minimum Gasteiger partial charge on any atom is -0.381 e. The van der Waals surface area contributed by atoms with E-state index >= 15 is 0 Å². The molecule has 4 rings (SSSR count). The molecule has 138 valence electrons. The van der Waals surface area contributed by atoms with Crippen molar-refractivity contribution >= 4 is 22.5 Å². The Morgan fingerprint density at radius 3 is 2.37 bits per heavy atom. The number of amides is 2.